The highest BCUT2D eigenvalue weighted by Gasteiger charge is 2.03. The van der Waals surface area contributed by atoms with E-state index in [4.69, 9.17) is 0 Å². The van der Waals surface area contributed by atoms with Crippen LogP contribution in [0.25, 0.3) is 5.65 Å². The highest BCUT2D eigenvalue weighted by Crippen LogP contribution is 2.12. The average molecular weight is 190 g/mol. The molecule has 0 atom stereocenters. The summed E-state index contributed by atoms with van der Waals surface area (Å²) in [7, 11) is 0. The number of nitrogens with one attached hydrogen (secondary N) is 1. The lowest BCUT2D eigenvalue weighted by molar-refractivity contribution is 0.957. The number of fused-ring (bicyclic) bond motifs is 1. The maximum Gasteiger partial charge on any atom is 0.180 e. The maximum absolute atomic E-state index is 4.42. The summed E-state index contributed by atoms with van der Waals surface area (Å²) in [6, 6.07) is 0. The fourth-order valence-electron chi connectivity index (χ4n) is 1.42. The normalized spacial score (nSPS) is 10.7. The van der Waals surface area contributed by atoms with E-state index in [1.807, 2.05) is 23.7 Å². The molecular formula is C10H14N4. The summed E-state index contributed by atoms with van der Waals surface area (Å²) in [6.07, 6.45) is 6.77. The first kappa shape index (κ1) is 8.99. The molecule has 2 rings (SSSR count). The van der Waals surface area contributed by atoms with Crippen molar-refractivity contribution in [2.45, 2.75) is 20.3 Å². The Labute approximate surface area is 83.0 Å². The van der Waals surface area contributed by atoms with Crippen molar-refractivity contribution in [2.75, 3.05) is 11.9 Å². The summed E-state index contributed by atoms with van der Waals surface area (Å²) in [5.41, 5.74) is 1.89. The molecule has 0 bridgehead atoms. The monoisotopic (exact) mass is 190 g/mol. The lowest BCUT2D eigenvalue weighted by Crippen LogP contribution is -2.05. The number of imidazole rings is 1. The van der Waals surface area contributed by atoms with E-state index >= 15 is 0 Å². The lowest BCUT2D eigenvalue weighted by Gasteiger charge is -2.06. The van der Waals surface area contributed by atoms with Crippen LogP contribution in [0.4, 0.5) is 5.82 Å². The van der Waals surface area contributed by atoms with Gasteiger partial charge >= 0.3 is 0 Å². The van der Waals surface area contributed by atoms with Gasteiger partial charge in [0, 0.05) is 25.1 Å². The minimum Gasteiger partial charge on any atom is -0.367 e. The second-order valence-corrected chi connectivity index (χ2v) is 3.32. The first-order chi connectivity index (χ1) is 6.81. The third-order valence-electron chi connectivity index (χ3n) is 2.04. The molecule has 74 valence electrons. The van der Waals surface area contributed by atoms with Gasteiger partial charge in [0.2, 0.25) is 0 Å². The van der Waals surface area contributed by atoms with Crippen molar-refractivity contribution in [3.05, 3.63) is 24.3 Å². The van der Waals surface area contributed by atoms with Crippen molar-refractivity contribution in [3.8, 4) is 0 Å². The summed E-state index contributed by atoms with van der Waals surface area (Å²) in [5, 5.41) is 3.27. The van der Waals surface area contributed by atoms with Crippen LogP contribution in [-0.2, 0) is 0 Å². The van der Waals surface area contributed by atoms with E-state index in [2.05, 4.69) is 22.2 Å². The number of hydrogen-bond acceptors (Lipinski definition) is 3. The van der Waals surface area contributed by atoms with Crippen LogP contribution in [-0.4, -0.2) is 20.9 Å². The van der Waals surface area contributed by atoms with E-state index in [1.165, 1.54) is 0 Å². The van der Waals surface area contributed by atoms with Crippen molar-refractivity contribution in [1.29, 1.82) is 0 Å². The standard InChI is InChI=1S/C10H14N4/c1-3-4-11-9-10-12-5-6-14(10)7-8(2)13-9/h5-7H,3-4H2,1-2H3,(H,11,13). The van der Waals surface area contributed by atoms with Crippen molar-refractivity contribution in [2.24, 2.45) is 0 Å². The van der Waals surface area contributed by atoms with Gasteiger partial charge in [-0.15, -0.1) is 0 Å². The lowest BCUT2D eigenvalue weighted by atomic mass is 10.4. The molecule has 0 saturated carbocycles. The van der Waals surface area contributed by atoms with Gasteiger partial charge < -0.3 is 9.72 Å². The van der Waals surface area contributed by atoms with Gasteiger partial charge in [0.15, 0.2) is 11.5 Å². The molecule has 0 fully saturated rings. The molecule has 0 aliphatic heterocycles. The molecule has 1 N–H and O–H groups in total. The van der Waals surface area contributed by atoms with E-state index in [0.717, 1.165) is 30.1 Å². The van der Waals surface area contributed by atoms with Crippen LogP contribution in [0.15, 0.2) is 18.6 Å². The molecule has 4 heteroatoms. The zero-order valence-corrected chi connectivity index (χ0v) is 8.49. The Morgan fingerprint density at radius 1 is 1.50 bits per heavy atom. The molecule has 0 unspecified atom stereocenters. The van der Waals surface area contributed by atoms with Crippen LogP contribution in [0.1, 0.15) is 19.0 Å². The number of aryl methyl sites for hydroxylation is 1. The molecule has 0 aliphatic carbocycles. The molecule has 0 saturated heterocycles. The molecule has 2 aromatic rings. The van der Waals surface area contributed by atoms with Crippen molar-refractivity contribution >= 4 is 11.5 Å². The summed E-state index contributed by atoms with van der Waals surface area (Å²) in [6.45, 7) is 5.04. The molecule has 0 amide bonds. The van der Waals surface area contributed by atoms with Gasteiger partial charge in [-0.1, -0.05) is 6.92 Å². The van der Waals surface area contributed by atoms with Gasteiger partial charge in [-0.3, -0.25) is 0 Å². The first-order valence-electron chi connectivity index (χ1n) is 4.85. The Morgan fingerprint density at radius 2 is 2.36 bits per heavy atom. The van der Waals surface area contributed by atoms with Crippen molar-refractivity contribution in [3.63, 3.8) is 0 Å². The predicted molar refractivity (Wildman–Crippen MR) is 56.5 cm³/mol. The van der Waals surface area contributed by atoms with Crippen LogP contribution in [0, 0.1) is 6.92 Å². The summed E-state index contributed by atoms with van der Waals surface area (Å²) in [4.78, 5) is 8.67. The van der Waals surface area contributed by atoms with Crippen LogP contribution in [0.3, 0.4) is 0 Å². The Bertz CT molecular complexity index is 433. The number of hydrogen-bond donors (Lipinski definition) is 1. The topological polar surface area (TPSA) is 42.2 Å². The van der Waals surface area contributed by atoms with E-state index in [-0.39, 0.29) is 0 Å². The third kappa shape index (κ3) is 1.55. The average Bonchev–Trinajstić information content (AvgIpc) is 2.61. The number of nitrogens with zero attached hydrogens (tertiary/aromatic N) is 3. The number of rotatable bonds is 3. The Morgan fingerprint density at radius 3 is 3.14 bits per heavy atom. The SMILES string of the molecule is CCCNc1nc(C)cn2ccnc12. The molecule has 2 heterocycles. The molecule has 0 aromatic carbocycles. The quantitative estimate of drug-likeness (QED) is 0.803. The molecule has 0 aliphatic rings. The van der Waals surface area contributed by atoms with Crippen LogP contribution in [0.5, 0.6) is 0 Å². The van der Waals surface area contributed by atoms with Crippen LogP contribution >= 0.6 is 0 Å². The first-order valence-corrected chi connectivity index (χ1v) is 4.85. The van der Waals surface area contributed by atoms with Gasteiger partial charge in [0.25, 0.3) is 0 Å². The van der Waals surface area contributed by atoms with E-state index in [0.29, 0.717) is 0 Å². The summed E-state index contributed by atoms with van der Waals surface area (Å²) >= 11 is 0. The fraction of sp³-hybridized carbons (Fsp3) is 0.400. The van der Waals surface area contributed by atoms with E-state index in [9.17, 15) is 0 Å². The largest absolute Gasteiger partial charge is 0.367 e. The fourth-order valence-corrected chi connectivity index (χ4v) is 1.42. The third-order valence-corrected chi connectivity index (χ3v) is 2.04. The van der Waals surface area contributed by atoms with Gasteiger partial charge in [0.1, 0.15) is 0 Å². The zero-order chi connectivity index (χ0) is 9.97. The number of anilines is 1. The van der Waals surface area contributed by atoms with Gasteiger partial charge in [-0.2, -0.15) is 0 Å². The predicted octanol–water partition coefficient (Wildman–Crippen LogP) is 1.86. The highest BCUT2D eigenvalue weighted by atomic mass is 15.1. The molecule has 0 radical (unpaired) electrons. The van der Waals surface area contributed by atoms with Crippen molar-refractivity contribution in [1.82, 2.24) is 14.4 Å². The minimum atomic E-state index is 0.872. The molecule has 0 spiro atoms. The van der Waals surface area contributed by atoms with E-state index < -0.39 is 0 Å². The minimum absolute atomic E-state index is 0.872. The number of aromatic nitrogens is 3. The van der Waals surface area contributed by atoms with Crippen LogP contribution in [0.2, 0.25) is 0 Å². The van der Waals surface area contributed by atoms with Crippen molar-refractivity contribution < 1.29 is 0 Å². The molecule has 2 aromatic heterocycles. The van der Waals surface area contributed by atoms with E-state index in [1.54, 1.807) is 6.20 Å². The molecular weight excluding hydrogens is 176 g/mol. The Balaban J connectivity index is 2.44. The second kappa shape index (κ2) is 3.65. The van der Waals surface area contributed by atoms with Crippen LogP contribution < -0.4 is 5.32 Å². The maximum atomic E-state index is 4.42. The zero-order valence-electron chi connectivity index (χ0n) is 8.49. The highest BCUT2D eigenvalue weighted by molar-refractivity contribution is 5.62. The Hall–Kier alpha value is -1.58. The van der Waals surface area contributed by atoms with Gasteiger partial charge in [-0.25, -0.2) is 9.97 Å². The molecule has 4 nitrogen and oxygen atoms in total. The summed E-state index contributed by atoms with van der Waals surface area (Å²) in [5.74, 6) is 0.872. The second-order valence-electron chi connectivity index (χ2n) is 3.32. The molecule has 14 heavy (non-hydrogen) atoms. The Kier molecular flexibility index (Phi) is 2.35. The smallest absolute Gasteiger partial charge is 0.180 e. The van der Waals surface area contributed by atoms with Gasteiger partial charge in [-0.05, 0) is 13.3 Å². The summed E-state index contributed by atoms with van der Waals surface area (Å²) < 4.78 is 1.99. The van der Waals surface area contributed by atoms with Gasteiger partial charge in [0.05, 0.1) is 5.69 Å².